The van der Waals surface area contributed by atoms with Crippen molar-refractivity contribution in [2.45, 2.75) is 19.3 Å². The summed E-state index contributed by atoms with van der Waals surface area (Å²) >= 11 is 9.08. The summed E-state index contributed by atoms with van der Waals surface area (Å²) in [5.74, 6) is -0.0239. The van der Waals surface area contributed by atoms with E-state index in [1.807, 2.05) is 6.92 Å². The average Bonchev–Trinajstić information content (AvgIpc) is 2.19. The molecule has 1 unspecified atom stereocenters. The van der Waals surface area contributed by atoms with Gasteiger partial charge in [0, 0.05) is 17.7 Å². The SMILES string of the molecule is CCC(C(=S)S)c1ccc([N+](=O)[O-])cn1. The van der Waals surface area contributed by atoms with Crippen LogP contribution in [0.15, 0.2) is 18.3 Å². The van der Waals surface area contributed by atoms with E-state index < -0.39 is 4.92 Å². The highest BCUT2D eigenvalue weighted by Crippen LogP contribution is 2.22. The smallest absolute Gasteiger partial charge is 0.258 e. The van der Waals surface area contributed by atoms with Crippen molar-refractivity contribution in [3.63, 3.8) is 0 Å². The molecule has 0 fully saturated rings. The topological polar surface area (TPSA) is 56.0 Å². The van der Waals surface area contributed by atoms with Gasteiger partial charge in [0.1, 0.15) is 6.20 Å². The Labute approximate surface area is 98.3 Å². The van der Waals surface area contributed by atoms with Crippen molar-refractivity contribution in [1.29, 1.82) is 0 Å². The number of nitrogens with zero attached hydrogens (tertiary/aromatic N) is 2. The van der Waals surface area contributed by atoms with Gasteiger partial charge in [-0.2, -0.15) is 0 Å². The predicted molar refractivity (Wildman–Crippen MR) is 65.5 cm³/mol. The highest BCUT2D eigenvalue weighted by Gasteiger charge is 2.15. The summed E-state index contributed by atoms with van der Waals surface area (Å²) < 4.78 is 0.554. The largest absolute Gasteiger partial charge is 0.287 e. The molecule has 1 atom stereocenters. The molecule has 0 radical (unpaired) electrons. The van der Waals surface area contributed by atoms with Gasteiger partial charge in [-0.05, 0) is 12.5 Å². The third-order valence-corrected chi connectivity index (χ3v) is 2.64. The van der Waals surface area contributed by atoms with Crippen LogP contribution in [0.4, 0.5) is 5.69 Å². The van der Waals surface area contributed by atoms with E-state index in [2.05, 4.69) is 17.6 Å². The molecule has 0 bridgehead atoms. The number of pyridine rings is 1. The van der Waals surface area contributed by atoms with Crippen LogP contribution in [0, 0.1) is 10.1 Å². The van der Waals surface area contributed by atoms with Gasteiger partial charge in [-0.15, -0.1) is 12.6 Å². The van der Waals surface area contributed by atoms with Crippen molar-refractivity contribution in [2.75, 3.05) is 0 Å². The van der Waals surface area contributed by atoms with Crippen LogP contribution < -0.4 is 0 Å². The summed E-state index contributed by atoms with van der Waals surface area (Å²) in [6, 6.07) is 3.05. The van der Waals surface area contributed by atoms with Gasteiger partial charge in [-0.3, -0.25) is 15.1 Å². The van der Waals surface area contributed by atoms with E-state index in [1.54, 1.807) is 6.07 Å². The Hall–Kier alpha value is -1.01. The Morgan fingerprint density at radius 3 is 2.73 bits per heavy atom. The summed E-state index contributed by atoms with van der Waals surface area (Å²) in [6.45, 7) is 1.97. The third kappa shape index (κ3) is 2.97. The molecule has 0 amide bonds. The number of thiocarbonyl (C=S) groups is 1. The van der Waals surface area contributed by atoms with Crippen LogP contribution in [0.1, 0.15) is 25.0 Å². The first-order valence-electron chi connectivity index (χ1n) is 4.39. The van der Waals surface area contributed by atoms with Crippen molar-refractivity contribution in [2.24, 2.45) is 0 Å². The van der Waals surface area contributed by atoms with Crippen LogP contribution in [-0.2, 0) is 0 Å². The molecule has 0 saturated carbocycles. The molecule has 0 aliphatic carbocycles. The van der Waals surface area contributed by atoms with Crippen LogP contribution in [0.25, 0.3) is 0 Å². The van der Waals surface area contributed by atoms with Crippen molar-refractivity contribution >= 4 is 34.7 Å². The second kappa shape index (κ2) is 5.18. The molecule has 1 heterocycles. The lowest BCUT2D eigenvalue weighted by molar-refractivity contribution is -0.385. The standard InChI is InChI=1S/C9H10N2O2S2/c1-2-7(9(14)15)8-4-3-6(5-10-8)11(12)13/h3-5,7H,2H2,1H3,(H,14,15). The predicted octanol–water partition coefficient (Wildman–Crippen LogP) is 2.74. The number of thiol groups is 1. The molecular weight excluding hydrogens is 232 g/mol. The first kappa shape index (κ1) is 12.1. The normalized spacial score (nSPS) is 12.1. The monoisotopic (exact) mass is 242 g/mol. The van der Waals surface area contributed by atoms with Gasteiger partial charge in [0.05, 0.1) is 9.12 Å². The molecule has 0 aliphatic rings. The van der Waals surface area contributed by atoms with Crippen LogP contribution in [0.2, 0.25) is 0 Å². The lowest BCUT2D eigenvalue weighted by Gasteiger charge is -2.10. The Morgan fingerprint density at radius 1 is 1.73 bits per heavy atom. The second-order valence-corrected chi connectivity index (χ2v) is 4.22. The minimum absolute atomic E-state index is 0.0151. The van der Waals surface area contributed by atoms with Crippen molar-refractivity contribution in [3.05, 3.63) is 34.1 Å². The Bertz CT molecular complexity index is 378. The molecule has 15 heavy (non-hydrogen) atoms. The minimum Gasteiger partial charge on any atom is -0.258 e. The zero-order chi connectivity index (χ0) is 11.4. The van der Waals surface area contributed by atoms with E-state index in [9.17, 15) is 10.1 Å². The first-order chi connectivity index (χ1) is 7.06. The summed E-state index contributed by atoms with van der Waals surface area (Å²) in [7, 11) is 0. The van der Waals surface area contributed by atoms with E-state index in [-0.39, 0.29) is 11.6 Å². The van der Waals surface area contributed by atoms with Crippen molar-refractivity contribution in [3.8, 4) is 0 Å². The van der Waals surface area contributed by atoms with Crippen molar-refractivity contribution in [1.82, 2.24) is 4.98 Å². The van der Waals surface area contributed by atoms with Gasteiger partial charge in [-0.25, -0.2) is 0 Å². The lowest BCUT2D eigenvalue weighted by Crippen LogP contribution is -2.06. The maximum absolute atomic E-state index is 10.4. The molecule has 80 valence electrons. The maximum atomic E-state index is 10.4. The summed E-state index contributed by atoms with van der Waals surface area (Å²) in [5, 5.41) is 10.4. The molecule has 0 spiro atoms. The molecule has 1 rings (SSSR count). The average molecular weight is 242 g/mol. The molecule has 1 aromatic heterocycles. The van der Waals surface area contributed by atoms with Crippen LogP contribution in [-0.4, -0.2) is 14.1 Å². The van der Waals surface area contributed by atoms with Gasteiger partial charge in [0.2, 0.25) is 0 Å². The van der Waals surface area contributed by atoms with Crippen LogP contribution in [0.3, 0.4) is 0 Å². The zero-order valence-electron chi connectivity index (χ0n) is 8.08. The molecule has 0 saturated heterocycles. The lowest BCUT2D eigenvalue weighted by atomic mass is 10.0. The summed E-state index contributed by atoms with van der Waals surface area (Å²) in [6.07, 6.45) is 2.02. The maximum Gasteiger partial charge on any atom is 0.287 e. The fourth-order valence-corrected chi connectivity index (χ4v) is 1.82. The van der Waals surface area contributed by atoms with E-state index in [1.165, 1.54) is 12.3 Å². The Morgan fingerprint density at radius 2 is 2.40 bits per heavy atom. The van der Waals surface area contributed by atoms with E-state index >= 15 is 0 Å². The number of hydrogen-bond acceptors (Lipinski definition) is 4. The molecular formula is C9H10N2O2S2. The number of nitro groups is 1. The summed E-state index contributed by atoms with van der Waals surface area (Å²) in [5.41, 5.74) is 0.710. The minimum atomic E-state index is -0.475. The fraction of sp³-hybridized carbons (Fsp3) is 0.333. The van der Waals surface area contributed by atoms with Gasteiger partial charge in [0.15, 0.2) is 0 Å². The molecule has 4 nitrogen and oxygen atoms in total. The molecule has 1 aromatic rings. The van der Waals surface area contributed by atoms with Gasteiger partial charge in [-0.1, -0.05) is 19.1 Å². The molecule has 0 aliphatic heterocycles. The van der Waals surface area contributed by atoms with Crippen molar-refractivity contribution < 1.29 is 4.92 Å². The quantitative estimate of drug-likeness (QED) is 0.382. The van der Waals surface area contributed by atoms with Gasteiger partial charge >= 0.3 is 0 Å². The molecule has 0 aromatic carbocycles. The van der Waals surface area contributed by atoms with Crippen LogP contribution >= 0.6 is 24.8 Å². The Kier molecular flexibility index (Phi) is 4.16. The summed E-state index contributed by atoms with van der Waals surface area (Å²) in [4.78, 5) is 13.9. The van der Waals surface area contributed by atoms with Gasteiger partial charge < -0.3 is 0 Å². The Balaban J connectivity index is 2.97. The van der Waals surface area contributed by atoms with Crippen LogP contribution in [0.5, 0.6) is 0 Å². The van der Waals surface area contributed by atoms with Gasteiger partial charge in [0.25, 0.3) is 5.69 Å². The van der Waals surface area contributed by atoms with E-state index in [4.69, 9.17) is 12.2 Å². The fourth-order valence-electron chi connectivity index (χ4n) is 1.22. The molecule has 6 heteroatoms. The number of hydrogen-bond donors (Lipinski definition) is 1. The third-order valence-electron chi connectivity index (χ3n) is 2.04. The van der Waals surface area contributed by atoms with E-state index in [0.717, 1.165) is 12.1 Å². The first-order valence-corrected chi connectivity index (χ1v) is 5.25. The molecule has 0 N–H and O–H groups in total. The number of aromatic nitrogens is 1. The zero-order valence-corrected chi connectivity index (χ0v) is 9.79. The second-order valence-electron chi connectivity index (χ2n) is 3.00. The highest BCUT2D eigenvalue weighted by atomic mass is 32.1. The highest BCUT2D eigenvalue weighted by molar-refractivity contribution is 8.11. The van der Waals surface area contributed by atoms with E-state index in [0.29, 0.717) is 4.20 Å². The number of rotatable bonds is 4.